The summed E-state index contributed by atoms with van der Waals surface area (Å²) >= 11 is 0. The fourth-order valence-electron chi connectivity index (χ4n) is 3.07. The van der Waals surface area contributed by atoms with E-state index in [0.29, 0.717) is 0 Å². The standard InChI is InChI=1S/C16H34N2O/c1-4-11-17-16-10-8-7-9-15(16)14-18(5-2)12-13-19-6-3/h15-17H,4-14H2,1-3H3. The Labute approximate surface area is 120 Å². The van der Waals surface area contributed by atoms with E-state index in [1.807, 2.05) is 0 Å². The second-order valence-electron chi connectivity index (χ2n) is 5.70. The molecule has 0 aliphatic heterocycles. The molecule has 1 fully saturated rings. The van der Waals surface area contributed by atoms with E-state index in [0.717, 1.165) is 38.3 Å². The lowest BCUT2D eigenvalue weighted by molar-refractivity contribution is 0.0986. The van der Waals surface area contributed by atoms with Crippen LogP contribution in [0.2, 0.25) is 0 Å². The molecule has 0 aromatic rings. The van der Waals surface area contributed by atoms with Gasteiger partial charge in [-0.1, -0.05) is 26.7 Å². The van der Waals surface area contributed by atoms with Crippen molar-refractivity contribution >= 4 is 0 Å². The minimum Gasteiger partial charge on any atom is -0.380 e. The third kappa shape index (κ3) is 6.73. The third-order valence-corrected chi connectivity index (χ3v) is 4.26. The van der Waals surface area contributed by atoms with E-state index in [2.05, 4.69) is 31.0 Å². The molecule has 3 heteroatoms. The molecule has 0 aromatic carbocycles. The molecule has 114 valence electrons. The number of nitrogens with one attached hydrogen (secondary N) is 1. The summed E-state index contributed by atoms with van der Waals surface area (Å²) in [7, 11) is 0. The summed E-state index contributed by atoms with van der Waals surface area (Å²) in [5.41, 5.74) is 0. The van der Waals surface area contributed by atoms with Gasteiger partial charge >= 0.3 is 0 Å². The molecular weight excluding hydrogens is 236 g/mol. The lowest BCUT2D eigenvalue weighted by Crippen LogP contribution is -2.45. The van der Waals surface area contributed by atoms with Crippen molar-refractivity contribution in [2.45, 2.75) is 58.9 Å². The van der Waals surface area contributed by atoms with Crippen LogP contribution in [0.15, 0.2) is 0 Å². The van der Waals surface area contributed by atoms with Gasteiger partial charge in [0.25, 0.3) is 0 Å². The van der Waals surface area contributed by atoms with E-state index in [4.69, 9.17) is 4.74 Å². The van der Waals surface area contributed by atoms with Crippen LogP contribution in [0.4, 0.5) is 0 Å². The molecule has 0 bridgehead atoms. The maximum atomic E-state index is 5.49. The molecule has 0 radical (unpaired) electrons. The molecule has 3 nitrogen and oxygen atoms in total. The van der Waals surface area contributed by atoms with Gasteiger partial charge in [-0.05, 0) is 45.2 Å². The summed E-state index contributed by atoms with van der Waals surface area (Å²) < 4.78 is 5.49. The highest BCUT2D eigenvalue weighted by Crippen LogP contribution is 2.25. The Morgan fingerprint density at radius 1 is 1.16 bits per heavy atom. The Morgan fingerprint density at radius 2 is 1.95 bits per heavy atom. The van der Waals surface area contributed by atoms with Crippen LogP contribution < -0.4 is 5.32 Å². The molecule has 0 heterocycles. The Balaban J connectivity index is 2.35. The molecule has 1 N–H and O–H groups in total. The van der Waals surface area contributed by atoms with Crippen molar-refractivity contribution in [1.82, 2.24) is 10.2 Å². The lowest BCUT2D eigenvalue weighted by atomic mass is 9.84. The fourth-order valence-corrected chi connectivity index (χ4v) is 3.07. The van der Waals surface area contributed by atoms with Gasteiger partial charge in [-0.3, -0.25) is 0 Å². The van der Waals surface area contributed by atoms with Crippen LogP contribution in [0, 0.1) is 5.92 Å². The van der Waals surface area contributed by atoms with Crippen molar-refractivity contribution in [3.63, 3.8) is 0 Å². The van der Waals surface area contributed by atoms with E-state index in [1.165, 1.54) is 45.2 Å². The quantitative estimate of drug-likeness (QED) is 0.618. The summed E-state index contributed by atoms with van der Waals surface area (Å²) in [6, 6.07) is 0.745. The molecule has 1 aliphatic carbocycles. The maximum Gasteiger partial charge on any atom is 0.0593 e. The molecule has 1 aliphatic rings. The van der Waals surface area contributed by atoms with Gasteiger partial charge in [0.05, 0.1) is 6.61 Å². The number of hydrogen-bond donors (Lipinski definition) is 1. The Morgan fingerprint density at radius 3 is 2.63 bits per heavy atom. The second kappa shape index (κ2) is 10.6. The second-order valence-corrected chi connectivity index (χ2v) is 5.70. The third-order valence-electron chi connectivity index (χ3n) is 4.26. The zero-order valence-corrected chi connectivity index (χ0v) is 13.3. The van der Waals surface area contributed by atoms with E-state index in [-0.39, 0.29) is 0 Å². The van der Waals surface area contributed by atoms with Crippen LogP contribution in [0.1, 0.15) is 52.9 Å². The predicted molar refractivity (Wildman–Crippen MR) is 82.6 cm³/mol. The van der Waals surface area contributed by atoms with Crippen molar-refractivity contribution < 1.29 is 4.74 Å². The minimum atomic E-state index is 0.745. The average Bonchev–Trinajstić information content (AvgIpc) is 2.45. The zero-order valence-electron chi connectivity index (χ0n) is 13.3. The highest BCUT2D eigenvalue weighted by molar-refractivity contribution is 4.83. The monoisotopic (exact) mass is 270 g/mol. The topological polar surface area (TPSA) is 24.5 Å². The van der Waals surface area contributed by atoms with E-state index in [9.17, 15) is 0 Å². The van der Waals surface area contributed by atoms with Crippen LogP contribution in [-0.4, -0.2) is 50.3 Å². The first-order valence-corrected chi connectivity index (χ1v) is 8.35. The van der Waals surface area contributed by atoms with Crippen molar-refractivity contribution in [1.29, 1.82) is 0 Å². The number of rotatable bonds is 10. The summed E-state index contributed by atoms with van der Waals surface area (Å²) in [4.78, 5) is 2.56. The van der Waals surface area contributed by atoms with Gasteiger partial charge in [-0.25, -0.2) is 0 Å². The number of hydrogen-bond acceptors (Lipinski definition) is 3. The van der Waals surface area contributed by atoms with E-state index < -0.39 is 0 Å². The first-order valence-electron chi connectivity index (χ1n) is 8.35. The van der Waals surface area contributed by atoms with Crippen LogP contribution in [0.25, 0.3) is 0 Å². The first-order chi connectivity index (χ1) is 9.31. The molecule has 0 aromatic heterocycles. The van der Waals surface area contributed by atoms with Crippen LogP contribution in [-0.2, 0) is 4.74 Å². The molecule has 1 rings (SSSR count). The van der Waals surface area contributed by atoms with Gasteiger partial charge in [-0.2, -0.15) is 0 Å². The zero-order chi connectivity index (χ0) is 13.9. The number of nitrogens with zero attached hydrogens (tertiary/aromatic N) is 1. The highest BCUT2D eigenvalue weighted by atomic mass is 16.5. The van der Waals surface area contributed by atoms with E-state index >= 15 is 0 Å². The van der Waals surface area contributed by atoms with Crippen LogP contribution >= 0.6 is 0 Å². The van der Waals surface area contributed by atoms with Crippen molar-refractivity contribution in [2.24, 2.45) is 5.92 Å². The first kappa shape index (κ1) is 16.9. The average molecular weight is 270 g/mol. The minimum absolute atomic E-state index is 0.745. The van der Waals surface area contributed by atoms with Gasteiger partial charge in [0, 0.05) is 25.7 Å². The molecule has 0 saturated heterocycles. The van der Waals surface area contributed by atoms with Crippen LogP contribution in [0.5, 0.6) is 0 Å². The number of ether oxygens (including phenoxy) is 1. The smallest absolute Gasteiger partial charge is 0.0593 e. The summed E-state index contributed by atoms with van der Waals surface area (Å²) in [5.74, 6) is 0.835. The molecule has 1 saturated carbocycles. The molecular formula is C16H34N2O. The van der Waals surface area contributed by atoms with Crippen molar-refractivity contribution in [3.8, 4) is 0 Å². The highest BCUT2D eigenvalue weighted by Gasteiger charge is 2.25. The summed E-state index contributed by atoms with van der Waals surface area (Å²) in [6.45, 7) is 12.9. The molecule has 2 atom stereocenters. The molecule has 0 amide bonds. The Bertz CT molecular complexity index is 211. The molecule has 19 heavy (non-hydrogen) atoms. The largest absolute Gasteiger partial charge is 0.380 e. The van der Waals surface area contributed by atoms with Crippen LogP contribution in [0.3, 0.4) is 0 Å². The van der Waals surface area contributed by atoms with Gasteiger partial charge < -0.3 is 15.0 Å². The van der Waals surface area contributed by atoms with Crippen molar-refractivity contribution in [3.05, 3.63) is 0 Å². The lowest BCUT2D eigenvalue weighted by Gasteiger charge is -2.36. The maximum absolute atomic E-state index is 5.49. The van der Waals surface area contributed by atoms with Gasteiger partial charge in [0.1, 0.15) is 0 Å². The van der Waals surface area contributed by atoms with E-state index in [1.54, 1.807) is 0 Å². The van der Waals surface area contributed by atoms with Gasteiger partial charge in [-0.15, -0.1) is 0 Å². The summed E-state index contributed by atoms with van der Waals surface area (Å²) in [6.07, 6.45) is 6.83. The summed E-state index contributed by atoms with van der Waals surface area (Å²) in [5, 5.41) is 3.76. The van der Waals surface area contributed by atoms with Gasteiger partial charge in [0.15, 0.2) is 0 Å². The normalized spacial score (nSPS) is 24.0. The molecule has 2 unspecified atom stereocenters. The Kier molecular flexibility index (Phi) is 9.48. The Hall–Kier alpha value is -0.120. The van der Waals surface area contributed by atoms with Crippen molar-refractivity contribution in [2.75, 3.05) is 39.4 Å². The van der Waals surface area contributed by atoms with Gasteiger partial charge in [0.2, 0.25) is 0 Å². The molecule has 0 spiro atoms. The predicted octanol–water partition coefficient (Wildman–Crippen LogP) is 2.90. The SMILES string of the molecule is CCCNC1CCCCC1CN(CC)CCOCC. The fraction of sp³-hybridized carbons (Fsp3) is 1.00. The number of likely N-dealkylation sites (N-methyl/N-ethyl adjacent to an activating group) is 1.